The van der Waals surface area contributed by atoms with E-state index in [1.807, 2.05) is 0 Å². The number of ether oxygens (including phenoxy) is 1. The molecule has 4 rings (SSSR count). The van der Waals surface area contributed by atoms with Gasteiger partial charge in [-0.25, -0.2) is 4.79 Å². The molecule has 1 saturated carbocycles. The third-order valence-corrected chi connectivity index (χ3v) is 5.71. The van der Waals surface area contributed by atoms with E-state index in [0.717, 1.165) is 23.0 Å². The fourth-order valence-corrected chi connectivity index (χ4v) is 4.37. The topological polar surface area (TPSA) is 46.5 Å². The van der Waals surface area contributed by atoms with Gasteiger partial charge in [-0.3, -0.25) is 0 Å². The first-order valence-corrected chi connectivity index (χ1v) is 8.80. The molecule has 2 unspecified atom stereocenters. The molecule has 1 fully saturated rings. The Labute approximate surface area is 148 Å². The lowest BCUT2D eigenvalue weighted by Gasteiger charge is -2.16. The second-order valence-electron chi connectivity index (χ2n) is 7.14. The van der Waals surface area contributed by atoms with Crippen LogP contribution < -0.4 is 4.74 Å². The molecule has 2 aromatic rings. The second-order valence-corrected chi connectivity index (χ2v) is 7.14. The molecule has 0 amide bonds. The molecule has 128 valence electrons. The van der Waals surface area contributed by atoms with Crippen molar-refractivity contribution >= 4 is 17.6 Å². The molecule has 2 aliphatic carbocycles. The zero-order valence-corrected chi connectivity index (χ0v) is 14.6. The van der Waals surface area contributed by atoms with Gasteiger partial charge in [0.15, 0.2) is 0 Å². The average Bonchev–Trinajstić information content (AvgIpc) is 3.23. The molecule has 3 nitrogen and oxygen atoms in total. The van der Waals surface area contributed by atoms with Crippen LogP contribution in [0.25, 0.3) is 11.6 Å². The molecule has 0 aromatic heterocycles. The van der Waals surface area contributed by atoms with Gasteiger partial charge < -0.3 is 9.84 Å². The van der Waals surface area contributed by atoms with Gasteiger partial charge in [0.25, 0.3) is 0 Å². The van der Waals surface area contributed by atoms with E-state index in [4.69, 9.17) is 9.84 Å². The van der Waals surface area contributed by atoms with Crippen molar-refractivity contribution in [2.45, 2.75) is 38.0 Å². The Morgan fingerprint density at radius 2 is 1.80 bits per heavy atom. The largest absolute Gasteiger partial charge is 0.496 e. The van der Waals surface area contributed by atoms with Crippen molar-refractivity contribution in [1.29, 1.82) is 0 Å². The van der Waals surface area contributed by atoms with Crippen molar-refractivity contribution in [3.63, 3.8) is 0 Å². The summed E-state index contributed by atoms with van der Waals surface area (Å²) in [6.45, 7) is 2.10. The smallest absolute Gasteiger partial charge is 0.335 e. The van der Waals surface area contributed by atoms with E-state index < -0.39 is 5.97 Å². The van der Waals surface area contributed by atoms with Crippen LogP contribution in [0.3, 0.4) is 0 Å². The van der Waals surface area contributed by atoms with E-state index >= 15 is 0 Å². The molecule has 0 saturated heterocycles. The van der Waals surface area contributed by atoms with Crippen molar-refractivity contribution in [3.8, 4) is 5.75 Å². The van der Waals surface area contributed by atoms with Gasteiger partial charge in [0.1, 0.15) is 5.75 Å². The molecule has 2 aromatic carbocycles. The van der Waals surface area contributed by atoms with Gasteiger partial charge in [0.2, 0.25) is 0 Å². The molecule has 2 atom stereocenters. The first-order valence-electron chi connectivity index (χ1n) is 8.80. The third kappa shape index (κ3) is 2.74. The highest BCUT2D eigenvalue weighted by Crippen LogP contribution is 2.53. The Kier molecular flexibility index (Phi) is 3.87. The number of fused-ring (bicyclic) bond motifs is 5. The van der Waals surface area contributed by atoms with Gasteiger partial charge in [-0.1, -0.05) is 24.3 Å². The quantitative estimate of drug-likeness (QED) is 0.770. The maximum atomic E-state index is 11.1. The molecule has 2 aliphatic rings. The van der Waals surface area contributed by atoms with E-state index in [9.17, 15) is 4.79 Å². The number of methoxy groups -OCH3 is 1. The number of hydrogen-bond acceptors (Lipinski definition) is 2. The van der Waals surface area contributed by atoms with Crippen LogP contribution >= 0.6 is 0 Å². The number of hydrogen-bond donors (Lipinski definition) is 1. The van der Waals surface area contributed by atoms with Gasteiger partial charge >= 0.3 is 5.97 Å². The van der Waals surface area contributed by atoms with Crippen molar-refractivity contribution in [2.24, 2.45) is 0 Å². The van der Waals surface area contributed by atoms with Crippen molar-refractivity contribution in [2.75, 3.05) is 7.11 Å². The van der Waals surface area contributed by atoms with Crippen LogP contribution in [-0.4, -0.2) is 18.2 Å². The van der Waals surface area contributed by atoms with Gasteiger partial charge in [-0.15, -0.1) is 0 Å². The zero-order chi connectivity index (χ0) is 17.6. The third-order valence-electron chi connectivity index (χ3n) is 5.71. The van der Waals surface area contributed by atoms with Crippen LogP contribution in [0.2, 0.25) is 0 Å². The summed E-state index contributed by atoms with van der Waals surface area (Å²) >= 11 is 0. The van der Waals surface area contributed by atoms with Crippen molar-refractivity contribution in [3.05, 3.63) is 64.2 Å². The van der Waals surface area contributed by atoms with Crippen LogP contribution in [0.5, 0.6) is 5.75 Å². The zero-order valence-electron chi connectivity index (χ0n) is 14.6. The highest BCUT2D eigenvalue weighted by atomic mass is 16.5. The molecule has 1 N–H and O–H groups in total. The number of aromatic carboxylic acids is 1. The maximum absolute atomic E-state index is 11.1. The number of carbonyl (C=O) groups is 1. The van der Waals surface area contributed by atoms with E-state index in [1.165, 1.54) is 30.4 Å². The Bertz CT molecular complexity index is 879. The molecule has 0 aliphatic heterocycles. The predicted octanol–water partition coefficient (Wildman–Crippen LogP) is 5.32. The molecule has 3 heteroatoms. The minimum absolute atomic E-state index is 0.236. The Balaban J connectivity index is 1.68. The number of carboxylic acid groups (broad SMARTS) is 1. The van der Waals surface area contributed by atoms with Crippen LogP contribution in [0.1, 0.15) is 70.6 Å². The standard InChI is InChI=1S/C22H22O3/c1-13(9-17-5-6-18(22(23)24)12-21(17)25-2)14-7-8-19-15-3-4-16(10-15)20(19)11-14/h5-9,11-12,15-16H,3-4,10H2,1-2H3,(H,23,24)/b13-9-. The number of allylic oxidation sites excluding steroid dienone is 1. The van der Waals surface area contributed by atoms with Gasteiger partial charge in [0.05, 0.1) is 12.7 Å². The van der Waals surface area contributed by atoms with E-state index in [1.54, 1.807) is 30.9 Å². The van der Waals surface area contributed by atoms with Gasteiger partial charge in [-0.2, -0.15) is 0 Å². The molecule has 0 heterocycles. The van der Waals surface area contributed by atoms with Crippen LogP contribution in [0, 0.1) is 0 Å². The summed E-state index contributed by atoms with van der Waals surface area (Å²) in [5.74, 6) is 1.16. The molecule has 0 radical (unpaired) electrons. The second kappa shape index (κ2) is 6.07. The molecule has 2 bridgehead atoms. The van der Waals surface area contributed by atoms with E-state index in [0.29, 0.717) is 5.75 Å². The number of rotatable bonds is 4. The van der Waals surface area contributed by atoms with Crippen LogP contribution in [-0.2, 0) is 0 Å². The van der Waals surface area contributed by atoms with Crippen molar-refractivity contribution in [1.82, 2.24) is 0 Å². The lowest BCUT2D eigenvalue weighted by molar-refractivity contribution is 0.0696. The fourth-order valence-electron chi connectivity index (χ4n) is 4.37. The van der Waals surface area contributed by atoms with Crippen LogP contribution in [0.4, 0.5) is 0 Å². The molecular weight excluding hydrogens is 312 g/mol. The first kappa shape index (κ1) is 15.9. The maximum Gasteiger partial charge on any atom is 0.335 e. The van der Waals surface area contributed by atoms with E-state index in [-0.39, 0.29) is 5.56 Å². The lowest BCUT2D eigenvalue weighted by Crippen LogP contribution is -1.99. The highest BCUT2D eigenvalue weighted by molar-refractivity contribution is 5.90. The fraction of sp³-hybridized carbons (Fsp3) is 0.318. The van der Waals surface area contributed by atoms with E-state index in [2.05, 4.69) is 31.2 Å². The predicted molar refractivity (Wildman–Crippen MR) is 99.3 cm³/mol. The summed E-state index contributed by atoms with van der Waals surface area (Å²) in [6.07, 6.45) is 6.07. The average molecular weight is 334 g/mol. The minimum atomic E-state index is -0.945. The highest BCUT2D eigenvalue weighted by Gasteiger charge is 2.36. The summed E-state index contributed by atoms with van der Waals surface area (Å²) in [4.78, 5) is 11.1. The van der Waals surface area contributed by atoms with Crippen LogP contribution in [0.15, 0.2) is 36.4 Å². The number of benzene rings is 2. The Hall–Kier alpha value is -2.55. The summed E-state index contributed by atoms with van der Waals surface area (Å²) in [7, 11) is 1.57. The summed E-state index contributed by atoms with van der Waals surface area (Å²) in [6, 6.07) is 11.9. The van der Waals surface area contributed by atoms with Gasteiger partial charge in [-0.05, 0) is 78.5 Å². The minimum Gasteiger partial charge on any atom is -0.496 e. The number of carboxylic acids is 1. The summed E-state index contributed by atoms with van der Waals surface area (Å²) in [5.41, 5.74) is 6.61. The molecule has 25 heavy (non-hydrogen) atoms. The SMILES string of the molecule is COc1cc(C(=O)O)ccc1/C=C(/C)c1ccc2c(c1)C1CCC2C1. The molecular formula is C22H22O3. The summed E-state index contributed by atoms with van der Waals surface area (Å²) < 4.78 is 5.38. The molecule has 0 spiro atoms. The van der Waals surface area contributed by atoms with Crippen molar-refractivity contribution < 1.29 is 14.6 Å². The Morgan fingerprint density at radius 1 is 1.08 bits per heavy atom. The van der Waals surface area contributed by atoms with Gasteiger partial charge in [0, 0.05) is 5.56 Å². The summed E-state index contributed by atoms with van der Waals surface area (Å²) in [5, 5.41) is 9.13. The normalized spacial score (nSPS) is 21.3. The first-order chi connectivity index (χ1) is 12.1. The Morgan fingerprint density at radius 3 is 2.52 bits per heavy atom. The monoisotopic (exact) mass is 334 g/mol. The lowest BCUT2D eigenvalue weighted by atomic mass is 9.89.